The maximum Gasteiger partial charge on any atom is 0.340 e. The number of methoxy groups -OCH3 is 1. The number of hydrogen-bond donors (Lipinski definition) is 0. The van der Waals surface area contributed by atoms with Crippen molar-refractivity contribution < 1.29 is 22.7 Å². The Labute approximate surface area is 185 Å². The van der Waals surface area contributed by atoms with Gasteiger partial charge in [0, 0.05) is 24.2 Å². The molecule has 4 rings (SSSR count). The topological polar surface area (TPSA) is 85.7 Å². The van der Waals surface area contributed by atoms with Gasteiger partial charge in [0.05, 0.1) is 28.8 Å². The molecule has 3 aromatic carbocycles. The van der Waals surface area contributed by atoms with Gasteiger partial charge in [0.15, 0.2) is 0 Å². The van der Waals surface area contributed by atoms with E-state index in [0.717, 1.165) is 4.31 Å². The van der Waals surface area contributed by atoms with Crippen molar-refractivity contribution in [3.63, 3.8) is 0 Å². The number of fused-ring (bicyclic) bond motifs is 1. The van der Waals surface area contributed by atoms with Crippen LogP contribution in [-0.2, 0) is 14.8 Å². The minimum atomic E-state index is -3.72. The minimum absolute atomic E-state index is 0.178. The first-order chi connectivity index (χ1) is 15.3. The zero-order valence-electron chi connectivity index (χ0n) is 17.4. The van der Waals surface area contributed by atoms with Crippen molar-refractivity contribution in [2.45, 2.75) is 4.90 Å². The van der Waals surface area contributed by atoms with Crippen LogP contribution in [0.3, 0.4) is 0 Å². The van der Waals surface area contributed by atoms with Crippen LogP contribution in [0, 0.1) is 0 Å². The van der Waals surface area contributed by atoms with Gasteiger partial charge in [-0.25, -0.2) is 13.2 Å². The Hall–Kier alpha value is -3.91. The highest BCUT2D eigenvalue weighted by Gasteiger charge is 2.22. The number of anilines is 1. The van der Waals surface area contributed by atoms with Crippen LogP contribution in [-0.4, -0.2) is 39.0 Å². The van der Waals surface area contributed by atoms with E-state index < -0.39 is 16.0 Å². The molecule has 0 amide bonds. The van der Waals surface area contributed by atoms with Crippen molar-refractivity contribution in [1.82, 2.24) is 4.57 Å². The van der Waals surface area contributed by atoms with Crippen molar-refractivity contribution in [2.75, 3.05) is 18.5 Å². The predicted molar refractivity (Wildman–Crippen MR) is 121 cm³/mol. The third-order valence-electron chi connectivity index (χ3n) is 5.22. The molecular weight excluding hydrogens is 428 g/mol. The molecule has 0 aliphatic heterocycles. The van der Waals surface area contributed by atoms with Gasteiger partial charge in [0.1, 0.15) is 0 Å². The van der Waals surface area contributed by atoms with E-state index in [9.17, 15) is 18.0 Å². The summed E-state index contributed by atoms with van der Waals surface area (Å²) in [7, 11) is -0.977. The van der Waals surface area contributed by atoms with Gasteiger partial charge < -0.3 is 4.74 Å². The molecule has 7 nitrogen and oxygen atoms in total. The lowest BCUT2D eigenvalue weighted by molar-refractivity contribution is 0.0603. The average molecular weight is 449 g/mol. The van der Waals surface area contributed by atoms with E-state index in [2.05, 4.69) is 0 Å². The Bertz CT molecular complexity index is 1410. The summed E-state index contributed by atoms with van der Waals surface area (Å²) in [5.74, 6) is -0.882. The predicted octanol–water partition coefficient (Wildman–Crippen LogP) is 3.94. The second-order valence-electron chi connectivity index (χ2n) is 7.06. The third kappa shape index (κ3) is 3.65. The number of esters is 1. The Balaban J connectivity index is 1.67. The van der Waals surface area contributed by atoms with Crippen LogP contribution in [0.5, 0.6) is 0 Å². The van der Waals surface area contributed by atoms with Gasteiger partial charge in [0.25, 0.3) is 15.9 Å². The highest BCUT2D eigenvalue weighted by atomic mass is 32.2. The molecular formula is C24H20N2O5S. The number of hydrogen-bond acceptors (Lipinski definition) is 5. The van der Waals surface area contributed by atoms with Gasteiger partial charge in [-0.05, 0) is 42.5 Å². The highest BCUT2D eigenvalue weighted by molar-refractivity contribution is 7.92. The third-order valence-corrected chi connectivity index (χ3v) is 7.02. The molecule has 32 heavy (non-hydrogen) atoms. The molecule has 1 aromatic heterocycles. The summed E-state index contributed by atoms with van der Waals surface area (Å²) >= 11 is 0. The van der Waals surface area contributed by atoms with Crippen LogP contribution < -0.4 is 4.31 Å². The number of carbonyl (C=O) groups is 2. The first-order valence-electron chi connectivity index (χ1n) is 9.71. The summed E-state index contributed by atoms with van der Waals surface area (Å²) in [6.45, 7) is 0. The summed E-state index contributed by atoms with van der Waals surface area (Å²) in [5, 5.41) is 0.609. The molecule has 0 bridgehead atoms. The van der Waals surface area contributed by atoms with Crippen LogP contribution >= 0.6 is 0 Å². The Kier molecular flexibility index (Phi) is 5.54. The normalized spacial score (nSPS) is 11.3. The summed E-state index contributed by atoms with van der Waals surface area (Å²) in [6, 6.07) is 21.4. The lowest BCUT2D eigenvalue weighted by Crippen LogP contribution is -2.26. The second kappa shape index (κ2) is 8.32. The molecule has 0 aliphatic rings. The lowest BCUT2D eigenvalue weighted by Gasteiger charge is -2.19. The van der Waals surface area contributed by atoms with E-state index in [0.29, 0.717) is 27.7 Å². The van der Waals surface area contributed by atoms with E-state index in [1.807, 2.05) is 0 Å². The van der Waals surface area contributed by atoms with Crippen molar-refractivity contribution in [3.05, 3.63) is 96.2 Å². The number of carbonyl (C=O) groups excluding carboxylic acids is 2. The van der Waals surface area contributed by atoms with Gasteiger partial charge >= 0.3 is 5.97 Å². The van der Waals surface area contributed by atoms with Crippen LogP contribution in [0.2, 0.25) is 0 Å². The van der Waals surface area contributed by atoms with Crippen molar-refractivity contribution in [1.29, 1.82) is 0 Å². The summed E-state index contributed by atoms with van der Waals surface area (Å²) in [5.41, 5.74) is 1.63. The largest absolute Gasteiger partial charge is 0.465 e. The molecule has 0 fully saturated rings. The Morgan fingerprint density at radius 3 is 2.16 bits per heavy atom. The van der Waals surface area contributed by atoms with Gasteiger partial charge in [-0.3, -0.25) is 13.7 Å². The van der Waals surface area contributed by atoms with E-state index in [4.69, 9.17) is 4.74 Å². The zero-order valence-corrected chi connectivity index (χ0v) is 18.2. The Morgan fingerprint density at radius 2 is 1.50 bits per heavy atom. The van der Waals surface area contributed by atoms with E-state index in [1.165, 1.54) is 37.1 Å². The second-order valence-corrected chi connectivity index (χ2v) is 9.03. The molecule has 0 saturated carbocycles. The SMILES string of the molecule is COC(=O)c1cn(C(=O)c2ccc(N(C)S(=O)(=O)c3ccccc3)cc2)c2ccccc12. The van der Waals surface area contributed by atoms with Crippen LogP contribution in [0.4, 0.5) is 5.69 Å². The number of rotatable bonds is 5. The van der Waals surface area contributed by atoms with Crippen molar-refractivity contribution in [3.8, 4) is 0 Å². The quantitative estimate of drug-likeness (QED) is 0.432. The maximum atomic E-state index is 13.2. The van der Waals surface area contributed by atoms with Gasteiger partial charge in [0.2, 0.25) is 0 Å². The fourth-order valence-electron chi connectivity index (χ4n) is 3.46. The molecule has 162 valence electrons. The minimum Gasteiger partial charge on any atom is -0.465 e. The average Bonchev–Trinajstić information content (AvgIpc) is 3.23. The zero-order chi connectivity index (χ0) is 22.9. The van der Waals surface area contributed by atoms with E-state index >= 15 is 0 Å². The lowest BCUT2D eigenvalue weighted by atomic mass is 10.2. The standard InChI is InChI=1S/C24H20N2O5S/c1-25(32(29,30)19-8-4-3-5-9-19)18-14-12-17(13-15-18)23(27)26-16-21(24(28)31-2)20-10-6-7-11-22(20)26/h3-16H,1-2H3. The summed E-state index contributed by atoms with van der Waals surface area (Å²) in [6.07, 6.45) is 1.46. The monoisotopic (exact) mass is 448 g/mol. The summed E-state index contributed by atoms with van der Waals surface area (Å²) in [4.78, 5) is 25.5. The van der Waals surface area contributed by atoms with Crippen molar-refractivity contribution >= 4 is 38.5 Å². The fraction of sp³-hybridized carbons (Fsp3) is 0.0833. The number of ether oxygens (including phenoxy) is 1. The molecule has 0 atom stereocenters. The number of aromatic nitrogens is 1. The highest BCUT2D eigenvalue weighted by Crippen LogP contribution is 2.25. The van der Waals surface area contributed by atoms with Crippen LogP contribution in [0.25, 0.3) is 10.9 Å². The molecule has 0 saturated heterocycles. The molecule has 8 heteroatoms. The first-order valence-corrected chi connectivity index (χ1v) is 11.2. The Morgan fingerprint density at radius 1 is 0.875 bits per heavy atom. The number of para-hydroxylation sites is 1. The molecule has 4 aromatic rings. The molecule has 0 unspecified atom stereocenters. The summed E-state index contributed by atoms with van der Waals surface area (Å²) < 4.78 is 33.0. The number of nitrogens with zero attached hydrogens (tertiary/aromatic N) is 2. The maximum absolute atomic E-state index is 13.2. The first kappa shape index (κ1) is 21.3. The number of benzene rings is 3. The smallest absolute Gasteiger partial charge is 0.340 e. The van der Waals surface area contributed by atoms with E-state index in [1.54, 1.807) is 66.7 Å². The molecule has 1 heterocycles. The molecule has 0 aliphatic carbocycles. The number of sulfonamides is 1. The van der Waals surface area contributed by atoms with Gasteiger partial charge in [-0.15, -0.1) is 0 Å². The van der Waals surface area contributed by atoms with Crippen molar-refractivity contribution in [2.24, 2.45) is 0 Å². The molecule has 0 N–H and O–H groups in total. The van der Waals surface area contributed by atoms with Gasteiger partial charge in [-0.2, -0.15) is 0 Å². The van der Waals surface area contributed by atoms with Crippen LogP contribution in [0.15, 0.2) is 90.0 Å². The molecule has 0 spiro atoms. The van der Waals surface area contributed by atoms with E-state index in [-0.39, 0.29) is 10.8 Å². The van der Waals surface area contributed by atoms with Crippen LogP contribution in [0.1, 0.15) is 20.7 Å². The van der Waals surface area contributed by atoms with Gasteiger partial charge in [-0.1, -0.05) is 36.4 Å². The molecule has 0 radical (unpaired) electrons. The fourth-order valence-corrected chi connectivity index (χ4v) is 4.68.